The van der Waals surface area contributed by atoms with E-state index in [0.29, 0.717) is 19.3 Å². The first-order chi connectivity index (χ1) is 10.2. The first-order valence-corrected chi connectivity index (χ1v) is 7.57. The van der Waals surface area contributed by atoms with Crippen molar-refractivity contribution in [2.45, 2.75) is 51.0 Å². The lowest BCUT2D eigenvalue weighted by atomic mass is 9.97. The average molecular weight is 290 g/mol. The lowest BCUT2D eigenvalue weighted by Crippen LogP contribution is -2.44. The summed E-state index contributed by atoms with van der Waals surface area (Å²) in [6, 6.07) is 3.94. The molecular formula is C16H22N2O3. The van der Waals surface area contributed by atoms with Crippen molar-refractivity contribution >= 4 is 11.9 Å². The van der Waals surface area contributed by atoms with Crippen LogP contribution in [-0.4, -0.2) is 39.5 Å². The SMILES string of the molecule is O=C(O)CCC1CCCCN1C(=O)CCc1cccnc1. The van der Waals surface area contributed by atoms with Gasteiger partial charge in [0, 0.05) is 37.8 Å². The number of rotatable bonds is 6. The van der Waals surface area contributed by atoms with Gasteiger partial charge in [0.1, 0.15) is 0 Å². The molecule has 1 aliphatic rings. The van der Waals surface area contributed by atoms with Crippen molar-refractivity contribution in [1.82, 2.24) is 9.88 Å². The van der Waals surface area contributed by atoms with Crippen molar-refractivity contribution in [2.24, 2.45) is 0 Å². The number of nitrogens with zero attached hydrogens (tertiary/aromatic N) is 2. The Hall–Kier alpha value is -1.91. The van der Waals surface area contributed by atoms with Gasteiger partial charge in [0.25, 0.3) is 0 Å². The van der Waals surface area contributed by atoms with Gasteiger partial charge in [-0.1, -0.05) is 6.07 Å². The molecule has 0 saturated carbocycles. The van der Waals surface area contributed by atoms with E-state index in [1.165, 1.54) is 0 Å². The van der Waals surface area contributed by atoms with E-state index in [4.69, 9.17) is 5.11 Å². The number of carboxylic acid groups (broad SMARTS) is 1. The molecule has 5 heteroatoms. The average Bonchev–Trinajstić information content (AvgIpc) is 2.52. The first kappa shape index (κ1) is 15.5. The van der Waals surface area contributed by atoms with Crippen LogP contribution in [0.2, 0.25) is 0 Å². The van der Waals surface area contributed by atoms with Crippen LogP contribution >= 0.6 is 0 Å². The van der Waals surface area contributed by atoms with Crippen LogP contribution in [0.3, 0.4) is 0 Å². The molecule has 0 aliphatic carbocycles. The van der Waals surface area contributed by atoms with E-state index in [2.05, 4.69) is 4.98 Å². The van der Waals surface area contributed by atoms with Crippen LogP contribution in [0, 0.1) is 0 Å². The van der Waals surface area contributed by atoms with Crippen molar-refractivity contribution in [1.29, 1.82) is 0 Å². The van der Waals surface area contributed by atoms with Gasteiger partial charge >= 0.3 is 5.97 Å². The number of carboxylic acids is 1. The molecule has 2 rings (SSSR count). The number of aromatic nitrogens is 1. The third-order valence-corrected chi connectivity index (χ3v) is 3.99. The Balaban J connectivity index is 1.87. The summed E-state index contributed by atoms with van der Waals surface area (Å²) in [5, 5.41) is 8.81. The maximum Gasteiger partial charge on any atom is 0.303 e. The predicted octanol–water partition coefficient (Wildman–Crippen LogP) is 2.26. The lowest BCUT2D eigenvalue weighted by molar-refractivity contribution is -0.140. The summed E-state index contributed by atoms with van der Waals surface area (Å²) < 4.78 is 0. The Morgan fingerprint density at radius 2 is 2.19 bits per heavy atom. The number of piperidine rings is 1. The number of carbonyl (C=O) groups is 2. The molecule has 114 valence electrons. The molecule has 5 nitrogen and oxygen atoms in total. The quantitative estimate of drug-likeness (QED) is 0.872. The second kappa shape index (κ2) is 7.76. The fourth-order valence-corrected chi connectivity index (χ4v) is 2.86. The zero-order valence-corrected chi connectivity index (χ0v) is 12.2. The molecule has 1 N–H and O–H groups in total. The summed E-state index contributed by atoms with van der Waals surface area (Å²) in [5.41, 5.74) is 1.06. The number of amides is 1. The minimum Gasteiger partial charge on any atom is -0.481 e. The molecule has 2 heterocycles. The molecule has 1 amide bonds. The highest BCUT2D eigenvalue weighted by atomic mass is 16.4. The minimum atomic E-state index is -0.789. The molecule has 1 unspecified atom stereocenters. The maximum absolute atomic E-state index is 12.4. The second-order valence-corrected chi connectivity index (χ2v) is 5.53. The number of hydrogen-bond donors (Lipinski definition) is 1. The number of aryl methyl sites for hydroxylation is 1. The van der Waals surface area contributed by atoms with Crippen molar-refractivity contribution in [3.05, 3.63) is 30.1 Å². The molecule has 0 radical (unpaired) electrons. The summed E-state index contributed by atoms with van der Waals surface area (Å²) in [5.74, 6) is -0.655. The fraction of sp³-hybridized carbons (Fsp3) is 0.562. The molecular weight excluding hydrogens is 268 g/mol. The zero-order valence-electron chi connectivity index (χ0n) is 12.2. The van der Waals surface area contributed by atoms with Crippen molar-refractivity contribution in [2.75, 3.05) is 6.54 Å². The third kappa shape index (κ3) is 4.85. The Morgan fingerprint density at radius 1 is 1.33 bits per heavy atom. The van der Waals surface area contributed by atoms with E-state index in [1.807, 2.05) is 17.0 Å². The standard InChI is InChI=1S/C16H22N2O3/c19-15(8-6-13-4-3-10-17-12-13)18-11-2-1-5-14(18)7-9-16(20)21/h3-4,10,12,14H,1-2,5-9,11H2,(H,20,21). The zero-order chi connectivity index (χ0) is 15.1. The van der Waals surface area contributed by atoms with Crippen LogP contribution in [0.25, 0.3) is 0 Å². The smallest absolute Gasteiger partial charge is 0.303 e. The molecule has 0 aromatic carbocycles. The van der Waals surface area contributed by atoms with E-state index in [1.54, 1.807) is 12.4 Å². The van der Waals surface area contributed by atoms with Crippen LogP contribution < -0.4 is 0 Å². The summed E-state index contributed by atoms with van der Waals surface area (Å²) in [6.07, 6.45) is 8.38. The van der Waals surface area contributed by atoms with Crippen LogP contribution in [0.5, 0.6) is 0 Å². The van der Waals surface area contributed by atoms with Crippen LogP contribution in [0.1, 0.15) is 44.1 Å². The van der Waals surface area contributed by atoms with Crippen molar-refractivity contribution < 1.29 is 14.7 Å². The number of likely N-dealkylation sites (tertiary alicyclic amines) is 1. The Bertz CT molecular complexity index is 476. The van der Waals surface area contributed by atoms with E-state index in [-0.39, 0.29) is 18.4 Å². The van der Waals surface area contributed by atoms with Crippen molar-refractivity contribution in [3.8, 4) is 0 Å². The third-order valence-electron chi connectivity index (χ3n) is 3.99. The molecule has 0 bridgehead atoms. The predicted molar refractivity (Wildman–Crippen MR) is 78.8 cm³/mol. The summed E-state index contributed by atoms with van der Waals surface area (Å²) in [4.78, 5) is 29.0. The second-order valence-electron chi connectivity index (χ2n) is 5.53. The van der Waals surface area contributed by atoms with Crippen LogP contribution in [-0.2, 0) is 16.0 Å². The number of aliphatic carboxylic acids is 1. The molecule has 1 aromatic rings. The molecule has 0 spiro atoms. The highest BCUT2D eigenvalue weighted by Gasteiger charge is 2.26. The largest absolute Gasteiger partial charge is 0.481 e. The Morgan fingerprint density at radius 3 is 2.90 bits per heavy atom. The maximum atomic E-state index is 12.4. The van der Waals surface area contributed by atoms with Gasteiger partial charge < -0.3 is 10.0 Å². The molecule has 1 atom stereocenters. The number of hydrogen-bond acceptors (Lipinski definition) is 3. The molecule has 1 fully saturated rings. The molecule has 1 aromatic heterocycles. The van der Waals surface area contributed by atoms with Gasteiger partial charge in [-0.15, -0.1) is 0 Å². The molecule has 1 saturated heterocycles. The Kier molecular flexibility index (Phi) is 5.72. The summed E-state index contributed by atoms with van der Waals surface area (Å²) in [7, 11) is 0. The summed E-state index contributed by atoms with van der Waals surface area (Å²) in [6.45, 7) is 0.760. The van der Waals surface area contributed by atoms with Crippen molar-refractivity contribution in [3.63, 3.8) is 0 Å². The van der Waals surface area contributed by atoms with Gasteiger partial charge in [-0.05, 0) is 43.7 Å². The highest BCUT2D eigenvalue weighted by Crippen LogP contribution is 2.22. The van der Waals surface area contributed by atoms with E-state index in [0.717, 1.165) is 31.4 Å². The highest BCUT2D eigenvalue weighted by molar-refractivity contribution is 5.77. The lowest BCUT2D eigenvalue weighted by Gasteiger charge is -2.35. The molecule has 21 heavy (non-hydrogen) atoms. The van der Waals surface area contributed by atoms with E-state index in [9.17, 15) is 9.59 Å². The van der Waals surface area contributed by atoms with Crippen LogP contribution in [0.15, 0.2) is 24.5 Å². The first-order valence-electron chi connectivity index (χ1n) is 7.57. The van der Waals surface area contributed by atoms with Gasteiger partial charge in [-0.3, -0.25) is 14.6 Å². The van der Waals surface area contributed by atoms with E-state index < -0.39 is 5.97 Å². The van der Waals surface area contributed by atoms with Gasteiger partial charge in [-0.2, -0.15) is 0 Å². The summed E-state index contributed by atoms with van der Waals surface area (Å²) >= 11 is 0. The van der Waals surface area contributed by atoms with Gasteiger partial charge in [-0.25, -0.2) is 0 Å². The van der Waals surface area contributed by atoms with Crippen LogP contribution in [0.4, 0.5) is 0 Å². The Labute approximate surface area is 125 Å². The number of pyridine rings is 1. The van der Waals surface area contributed by atoms with Gasteiger partial charge in [0.05, 0.1) is 0 Å². The van der Waals surface area contributed by atoms with Gasteiger partial charge in [0.2, 0.25) is 5.91 Å². The monoisotopic (exact) mass is 290 g/mol. The van der Waals surface area contributed by atoms with Gasteiger partial charge in [0.15, 0.2) is 0 Å². The normalized spacial score (nSPS) is 18.5. The molecule has 1 aliphatic heterocycles. The topological polar surface area (TPSA) is 70.5 Å². The number of carbonyl (C=O) groups excluding carboxylic acids is 1. The van der Waals surface area contributed by atoms with E-state index >= 15 is 0 Å². The fourth-order valence-electron chi connectivity index (χ4n) is 2.86. The minimum absolute atomic E-state index is 0.0937.